The van der Waals surface area contributed by atoms with Gasteiger partial charge in [0.05, 0.1) is 0 Å². The van der Waals surface area contributed by atoms with Crippen molar-refractivity contribution in [1.29, 1.82) is 5.26 Å². The van der Waals surface area contributed by atoms with Gasteiger partial charge in [-0.15, -0.1) is 0 Å². The van der Waals surface area contributed by atoms with E-state index in [1.54, 1.807) is 6.07 Å². The third-order valence-corrected chi connectivity index (χ3v) is 2.89. The molecule has 0 fully saturated rings. The zero-order valence-electron chi connectivity index (χ0n) is 6.42. The highest BCUT2D eigenvalue weighted by Gasteiger charge is 2.37. The SMILES string of the molecule is N#C[SH](c1ccccc1)C(F)(F)F. The van der Waals surface area contributed by atoms with Gasteiger partial charge in [0.2, 0.25) is 0 Å². The number of hydrogen-bond donors (Lipinski definition) is 1. The average Bonchev–Trinajstić information content (AvgIpc) is 2.05. The normalized spacial score (nSPS) is 14.8. The molecule has 0 amide bonds. The van der Waals surface area contributed by atoms with E-state index in [-0.39, 0.29) is 4.90 Å². The maximum absolute atomic E-state index is 12.2. The zero-order valence-corrected chi connectivity index (χ0v) is 7.31. The molecule has 0 radical (unpaired) electrons. The molecule has 1 atom stereocenters. The Hall–Kier alpha value is -1.15. The van der Waals surface area contributed by atoms with Crippen LogP contribution in [0.15, 0.2) is 35.2 Å². The van der Waals surface area contributed by atoms with Crippen molar-refractivity contribution in [2.45, 2.75) is 10.4 Å². The maximum Gasteiger partial charge on any atom is 0.438 e. The predicted molar refractivity (Wildman–Crippen MR) is 45.4 cm³/mol. The molecule has 1 aromatic carbocycles. The van der Waals surface area contributed by atoms with Crippen LogP contribution in [0.3, 0.4) is 0 Å². The molecule has 70 valence electrons. The van der Waals surface area contributed by atoms with E-state index < -0.39 is 16.4 Å². The maximum atomic E-state index is 12.2. The summed E-state index contributed by atoms with van der Waals surface area (Å²) in [6, 6.07) is 7.25. The van der Waals surface area contributed by atoms with Crippen LogP contribution in [0.1, 0.15) is 0 Å². The molecule has 0 saturated heterocycles. The number of halogens is 3. The third kappa shape index (κ3) is 2.39. The summed E-state index contributed by atoms with van der Waals surface area (Å²) in [5.74, 6) is 0. The van der Waals surface area contributed by atoms with E-state index in [1.165, 1.54) is 29.7 Å². The van der Waals surface area contributed by atoms with Crippen molar-refractivity contribution in [2.24, 2.45) is 0 Å². The Morgan fingerprint density at radius 2 is 1.69 bits per heavy atom. The Morgan fingerprint density at radius 3 is 2.08 bits per heavy atom. The molecule has 0 N–H and O–H groups in total. The fourth-order valence-electron chi connectivity index (χ4n) is 0.838. The minimum Gasteiger partial charge on any atom is -0.186 e. The minimum atomic E-state index is -4.43. The van der Waals surface area contributed by atoms with Crippen LogP contribution in [-0.4, -0.2) is 5.51 Å². The van der Waals surface area contributed by atoms with E-state index in [2.05, 4.69) is 0 Å². The van der Waals surface area contributed by atoms with Crippen molar-refractivity contribution < 1.29 is 13.2 Å². The fraction of sp³-hybridized carbons (Fsp3) is 0.125. The number of nitrogens with zero attached hydrogens (tertiary/aromatic N) is 1. The summed E-state index contributed by atoms with van der Waals surface area (Å²) in [4.78, 5) is 0.0486. The quantitative estimate of drug-likeness (QED) is 0.553. The molecule has 0 aliphatic carbocycles. The van der Waals surface area contributed by atoms with Gasteiger partial charge < -0.3 is 0 Å². The topological polar surface area (TPSA) is 23.8 Å². The van der Waals surface area contributed by atoms with Crippen LogP contribution in [0.2, 0.25) is 0 Å². The van der Waals surface area contributed by atoms with Crippen molar-refractivity contribution in [3.63, 3.8) is 0 Å². The highest BCUT2D eigenvalue weighted by Crippen LogP contribution is 2.50. The van der Waals surface area contributed by atoms with Crippen LogP contribution in [0.5, 0.6) is 0 Å². The number of rotatable bonds is 1. The Bertz CT molecular complexity index is 314. The van der Waals surface area contributed by atoms with E-state index in [0.29, 0.717) is 0 Å². The van der Waals surface area contributed by atoms with E-state index in [9.17, 15) is 13.2 Å². The third-order valence-electron chi connectivity index (χ3n) is 1.37. The van der Waals surface area contributed by atoms with Crippen molar-refractivity contribution in [1.82, 2.24) is 0 Å². The zero-order chi connectivity index (χ0) is 9.90. The highest BCUT2D eigenvalue weighted by molar-refractivity contribution is 8.21. The molecule has 1 nitrogen and oxygen atoms in total. The van der Waals surface area contributed by atoms with Gasteiger partial charge in [0, 0.05) is 4.90 Å². The second-order valence-corrected chi connectivity index (χ2v) is 4.13. The second-order valence-electron chi connectivity index (χ2n) is 2.24. The number of benzene rings is 1. The van der Waals surface area contributed by atoms with Crippen molar-refractivity contribution >= 4 is 10.9 Å². The molecule has 0 aliphatic rings. The first-order valence-corrected chi connectivity index (χ1v) is 4.71. The lowest BCUT2D eigenvalue weighted by molar-refractivity contribution is -0.0344. The van der Waals surface area contributed by atoms with Gasteiger partial charge in [0.1, 0.15) is 5.40 Å². The first-order chi connectivity index (χ1) is 6.05. The molecule has 0 spiro atoms. The molecular formula is C8H6F3NS. The molecule has 13 heavy (non-hydrogen) atoms. The van der Waals surface area contributed by atoms with Crippen LogP contribution in [-0.2, 0) is 0 Å². The number of alkyl halides is 3. The highest BCUT2D eigenvalue weighted by atomic mass is 32.2. The van der Waals surface area contributed by atoms with Gasteiger partial charge in [-0.25, -0.2) is 0 Å². The van der Waals surface area contributed by atoms with Gasteiger partial charge in [-0.3, -0.25) is 0 Å². The second kappa shape index (κ2) is 3.71. The first kappa shape index (κ1) is 9.93. The average molecular weight is 205 g/mol. The smallest absolute Gasteiger partial charge is 0.186 e. The molecule has 0 aliphatic heterocycles. The molecule has 5 heteroatoms. The number of thiol groups is 1. The molecule has 0 saturated carbocycles. The Kier molecular flexibility index (Phi) is 2.83. The van der Waals surface area contributed by atoms with Crippen LogP contribution >= 0.6 is 10.9 Å². The largest absolute Gasteiger partial charge is 0.438 e. The van der Waals surface area contributed by atoms with Crippen molar-refractivity contribution in [2.75, 3.05) is 0 Å². The molecule has 0 aromatic heterocycles. The van der Waals surface area contributed by atoms with E-state index in [4.69, 9.17) is 5.26 Å². The van der Waals surface area contributed by atoms with Gasteiger partial charge in [-0.05, 0) is 23.0 Å². The molecule has 0 bridgehead atoms. The van der Waals surface area contributed by atoms with Crippen LogP contribution in [0.25, 0.3) is 0 Å². The summed E-state index contributed by atoms with van der Waals surface area (Å²) in [5, 5.41) is 9.67. The van der Waals surface area contributed by atoms with Crippen LogP contribution < -0.4 is 0 Å². The van der Waals surface area contributed by atoms with E-state index in [1.807, 2.05) is 0 Å². The summed E-state index contributed by atoms with van der Waals surface area (Å²) >= 11 is 0. The molecule has 1 aromatic rings. The summed E-state index contributed by atoms with van der Waals surface area (Å²) in [6.07, 6.45) is 0. The Balaban J connectivity index is 3.01. The molecular weight excluding hydrogens is 199 g/mol. The Labute approximate surface area is 76.1 Å². The molecule has 0 heterocycles. The van der Waals surface area contributed by atoms with E-state index in [0.717, 1.165) is 0 Å². The van der Waals surface area contributed by atoms with Crippen molar-refractivity contribution in [3.05, 3.63) is 30.3 Å². The number of thiocyanates is 1. The molecule has 1 unspecified atom stereocenters. The Morgan fingerprint density at radius 1 is 1.15 bits per heavy atom. The predicted octanol–water partition coefficient (Wildman–Crippen LogP) is 3.05. The lowest BCUT2D eigenvalue weighted by Gasteiger charge is -2.16. The van der Waals surface area contributed by atoms with Gasteiger partial charge in [0.25, 0.3) is 0 Å². The minimum absolute atomic E-state index is 0.0486. The fourth-order valence-corrected chi connectivity index (χ4v) is 1.83. The van der Waals surface area contributed by atoms with Gasteiger partial charge in [0.15, 0.2) is 0 Å². The molecule has 1 rings (SSSR count). The lowest BCUT2D eigenvalue weighted by Crippen LogP contribution is -2.06. The van der Waals surface area contributed by atoms with Gasteiger partial charge >= 0.3 is 5.51 Å². The van der Waals surface area contributed by atoms with Crippen LogP contribution in [0.4, 0.5) is 13.2 Å². The van der Waals surface area contributed by atoms with Crippen LogP contribution in [0, 0.1) is 10.7 Å². The first-order valence-electron chi connectivity index (χ1n) is 3.37. The monoisotopic (exact) mass is 205 g/mol. The van der Waals surface area contributed by atoms with Gasteiger partial charge in [-0.2, -0.15) is 18.4 Å². The standard InChI is InChI=1S/C8H6F3NS/c9-8(10,11)13(6-12)7-4-2-1-3-5-7/h1-5,13H. The summed E-state index contributed by atoms with van der Waals surface area (Å²) in [5.41, 5.74) is -4.43. The summed E-state index contributed by atoms with van der Waals surface area (Å²) < 4.78 is 36.6. The number of nitriles is 1. The summed E-state index contributed by atoms with van der Waals surface area (Å²) in [6.45, 7) is 0. The summed E-state index contributed by atoms with van der Waals surface area (Å²) in [7, 11) is -2.69. The lowest BCUT2D eigenvalue weighted by atomic mass is 10.4. The number of hydrogen-bond acceptors (Lipinski definition) is 1. The van der Waals surface area contributed by atoms with Crippen molar-refractivity contribution in [3.8, 4) is 5.40 Å². The van der Waals surface area contributed by atoms with Gasteiger partial charge in [-0.1, -0.05) is 18.2 Å². The van der Waals surface area contributed by atoms with E-state index >= 15 is 0 Å².